The zero-order chi connectivity index (χ0) is 4.41. The standard InChI is InChI=1S/C3H6S2.Sn/c4-5-2-1-3-5;/h1-3H2;/q;+4. The Kier molecular flexibility index (Phi) is 2.55. The van der Waals surface area contributed by atoms with Crippen molar-refractivity contribution in [2.75, 3.05) is 11.5 Å². The van der Waals surface area contributed by atoms with Gasteiger partial charge in [-0.1, -0.05) is 0 Å². The van der Waals surface area contributed by atoms with Gasteiger partial charge in [-0.15, -0.1) is 0 Å². The van der Waals surface area contributed by atoms with Crippen molar-refractivity contribution in [3.05, 3.63) is 0 Å². The normalized spacial score (nSPS) is 23.7. The molecule has 0 aliphatic carbocycles. The topological polar surface area (TPSA) is 0 Å². The molecular weight excluding hydrogens is 219 g/mol. The van der Waals surface area contributed by atoms with E-state index < -0.39 is 0 Å². The minimum absolute atomic E-state index is 0.853. The van der Waals surface area contributed by atoms with Crippen LogP contribution in [0.1, 0.15) is 6.42 Å². The summed E-state index contributed by atoms with van der Waals surface area (Å²) in [5.41, 5.74) is 0. The van der Waals surface area contributed by atoms with Crippen LogP contribution in [-0.4, -0.2) is 32.6 Å². The molecule has 1 rings (SSSR count). The quantitative estimate of drug-likeness (QED) is 0.360. The minimum atomic E-state index is 0.853. The molecule has 0 unspecified atom stereocenters. The van der Waals surface area contributed by atoms with Gasteiger partial charge in [-0.2, -0.15) is 0 Å². The molecule has 1 aliphatic rings. The van der Waals surface area contributed by atoms with Crippen molar-refractivity contribution >= 4 is 39.0 Å². The summed E-state index contributed by atoms with van der Waals surface area (Å²) in [7, 11) is 2.98. The summed E-state index contributed by atoms with van der Waals surface area (Å²) in [5, 5.41) is 0. The third-order valence-corrected chi connectivity index (χ3v) is 10.3. The van der Waals surface area contributed by atoms with Crippen molar-refractivity contribution in [3.63, 3.8) is 0 Å². The molecule has 0 amide bonds. The van der Waals surface area contributed by atoms with E-state index in [2.05, 4.69) is 7.98 Å². The predicted molar refractivity (Wildman–Crippen MR) is 35.1 cm³/mol. The van der Waals surface area contributed by atoms with Crippen LogP contribution in [0.5, 0.6) is 0 Å². The van der Waals surface area contributed by atoms with Crippen LogP contribution in [-0.2, 0) is 9.93 Å². The fraction of sp³-hybridized carbons (Fsp3) is 1.00. The van der Waals surface area contributed by atoms with Crippen LogP contribution >= 0.6 is 7.98 Å². The van der Waals surface area contributed by atoms with Gasteiger partial charge in [0.05, 0.1) is 0 Å². The van der Waals surface area contributed by atoms with E-state index in [0.29, 0.717) is 0 Å². The van der Waals surface area contributed by atoms with Crippen LogP contribution < -0.4 is 0 Å². The Hall–Kier alpha value is 1.50. The Morgan fingerprint density at radius 1 is 1.50 bits per heavy atom. The average Bonchev–Trinajstić information content (AvgIpc) is 1.31. The van der Waals surface area contributed by atoms with Crippen LogP contribution in [0, 0.1) is 0 Å². The van der Waals surface area contributed by atoms with Gasteiger partial charge in [0.15, 0.2) is 0 Å². The van der Waals surface area contributed by atoms with Crippen LogP contribution in [0.2, 0.25) is 0 Å². The van der Waals surface area contributed by atoms with Gasteiger partial charge in [-0.25, -0.2) is 0 Å². The van der Waals surface area contributed by atoms with Gasteiger partial charge in [-0.3, -0.25) is 0 Å². The van der Waals surface area contributed by atoms with E-state index in [1.807, 2.05) is 0 Å². The summed E-state index contributed by atoms with van der Waals surface area (Å²) >= 11 is 1.66. The van der Waals surface area contributed by atoms with E-state index in [9.17, 15) is 0 Å². The molecule has 0 spiro atoms. The molecule has 1 heterocycles. The SMILES string of the molecule is [Sn+3][S][S+]1CCC1. The first-order chi connectivity index (χ1) is 2.93. The summed E-state index contributed by atoms with van der Waals surface area (Å²) in [6.45, 7) is 0. The molecule has 1 saturated heterocycles. The summed E-state index contributed by atoms with van der Waals surface area (Å²) < 4.78 is 0. The maximum atomic E-state index is 2.13. The van der Waals surface area contributed by atoms with Gasteiger partial charge in [0.1, 0.15) is 0 Å². The number of hydrogen-bond donors (Lipinski definition) is 0. The summed E-state index contributed by atoms with van der Waals surface area (Å²) in [4.78, 5) is 0. The Morgan fingerprint density at radius 3 is 2.17 bits per heavy atom. The first-order valence-corrected chi connectivity index (χ1v) is 8.34. The molecule has 0 N–H and O–H groups in total. The van der Waals surface area contributed by atoms with Crippen molar-refractivity contribution in [3.8, 4) is 0 Å². The van der Waals surface area contributed by atoms with Crippen molar-refractivity contribution in [2.45, 2.75) is 6.42 Å². The fourth-order valence-electron chi connectivity index (χ4n) is 0.346. The van der Waals surface area contributed by atoms with E-state index in [1.54, 1.807) is 21.1 Å². The van der Waals surface area contributed by atoms with Gasteiger partial charge < -0.3 is 0 Å². The van der Waals surface area contributed by atoms with Gasteiger partial charge in [0.25, 0.3) is 0 Å². The average molecular weight is 225 g/mol. The Morgan fingerprint density at radius 2 is 2.17 bits per heavy atom. The summed E-state index contributed by atoms with van der Waals surface area (Å²) in [6, 6.07) is 0. The van der Waals surface area contributed by atoms with E-state index in [1.165, 1.54) is 17.9 Å². The van der Waals surface area contributed by atoms with Gasteiger partial charge in [0.2, 0.25) is 0 Å². The first kappa shape index (κ1) is 5.63. The van der Waals surface area contributed by atoms with Crippen LogP contribution in [0.4, 0.5) is 0 Å². The second-order valence-electron chi connectivity index (χ2n) is 1.28. The molecule has 1 fully saturated rings. The number of rotatable bonds is 1. The van der Waals surface area contributed by atoms with E-state index >= 15 is 0 Å². The van der Waals surface area contributed by atoms with Gasteiger partial charge in [-0.05, 0) is 0 Å². The molecule has 3 heteroatoms. The molecule has 30 valence electrons. The molecule has 0 aromatic heterocycles. The Labute approximate surface area is 56.7 Å². The van der Waals surface area contributed by atoms with Crippen molar-refractivity contribution in [1.29, 1.82) is 0 Å². The third-order valence-electron chi connectivity index (χ3n) is 0.862. The van der Waals surface area contributed by atoms with Crippen molar-refractivity contribution in [2.24, 2.45) is 0 Å². The van der Waals surface area contributed by atoms with Crippen LogP contribution in [0.15, 0.2) is 0 Å². The third kappa shape index (κ3) is 1.23. The second-order valence-corrected chi connectivity index (χ2v) is 9.34. The molecule has 0 saturated carbocycles. The van der Waals surface area contributed by atoms with E-state index in [4.69, 9.17) is 0 Å². The van der Waals surface area contributed by atoms with Crippen LogP contribution in [0.25, 0.3) is 0 Å². The number of hydrogen-bond acceptors (Lipinski definition) is 1. The molecule has 0 aromatic carbocycles. The first-order valence-electron chi connectivity index (χ1n) is 1.95. The second kappa shape index (κ2) is 2.72. The fourth-order valence-corrected chi connectivity index (χ4v) is 6.52. The summed E-state index contributed by atoms with van der Waals surface area (Å²) in [5.74, 6) is 3.05. The van der Waals surface area contributed by atoms with Crippen molar-refractivity contribution < 1.29 is 0 Å². The molecule has 6 heavy (non-hydrogen) atoms. The molecule has 0 radical (unpaired) electrons. The van der Waals surface area contributed by atoms with Gasteiger partial charge in [0, 0.05) is 0 Å². The van der Waals surface area contributed by atoms with Crippen LogP contribution in [0.3, 0.4) is 0 Å². The molecular formula is C3H6S2Sn+4. The molecule has 0 atom stereocenters. The maximum absolute atomic E-state index is 2.13. The zero-order valence-corrected chi connectivity index (χ0v) is 7.92. The van der Waals surface area contributed by atoms with Gasteiger partial charge >= 0.3 is 57.0 Å². The van der Waals surface area contributed by atoms with E-state index in [-0.39, 0.29) is 0 Å². The predicted octanol–water partition coefficient (Wildman–Crippen LogP) is 0.740. The van der Waals surface area contributed by atoms with Crippen molar-refractivity contribution in [1.82, 2.24) is 0 Å². The monoisotopic (exact) mass is 226 g/mol. The Balaban J connectivity index is 2.01. The Bertz CT molecular complexity index is 41.3. The molecule has 0 nitrogen and oxygen atoms in total. The summed E-state index contributed by atoms with van der Waals surface area (Å²) in [6.07, 6.45) is 1.50. The zero-order valence-electron chi connectivity index (χ0n) is 3.44. The van der Waals surface area contributed by atoms with E-state index in [0.717, 1.165) is 9.93 Å². The molecule has 1 aliphatic heterocycles. The molecule has 0 bridgehead atoms. The molecule has 0 aromatic rings.